The van der Waals surface area contributed by atoms with E-state index in [0.29, 0.717) is 19.3 Å². The van der Waals surface area contributed by atoms with Crippen LogP contribution in [0.5, 0.6) is 0 Å². The molecule has 0 bridgehead atoms. The Balaban J connectivity index is 3.95. The van der Waals surface area contributed by atoms with Crippen molar-refractivity contribution in [2.45, 2.75) is 45.3 Å². The lowest BCUT2D eigenvalue weighted by atomic mass is 10.2. The molecule has 0 spiro atoms. The number of aldehydes is 1. The summed E-state index contributed by atoms with van der Waals surface area (Å²) in [6.07, 6.45) is 1.26. The molecule has 0 heterocycles. The van der Waals surface area contributed by atoms with Gasteiger partial charge in [0.05, 0.1) is 0 Å². The Hall–Kier alpha value is -0.593. The van der Waals surface area contributed by atoms with E-state index in [4.69, 9.17) is 4.43 Å². The van der Waals surface area contributed by atoms with Crippen LogP contribution in [0.25, 0.3) is 0 Å². The van der Waals surface area contributed by atoms with Gasteiger partial charge in [-0.15, -0.1) is 0 Å². The zero-order chi connectivity index (χ0) is 11.2. The average molecular weight is 212 g/mol. The largest absolute Gasteiger partial charge is 0.416 e. The zero-order valence-electron chi connectivity index (χ0n) is 9.81. The molecule has 0 N–H and O–H groups in total. The third-order valence-corrected chi connectivity index (χ3v) is 7.20. The standard InChI is InChI=1S/C11H20O2Si/c1-11(2,3)14(4,5)13-10-8-6-7-9-12/h9H,8,10H2,1-5H3. The highest BCUT2D eigenvalue weighted by atomic mass is 28.4. The van der Waals surface area contributed by atoms with Gasteiger partial charge in [-0.3, -0.25) is 4.79 Å². The molecule has 14 heavy (non-hydrogen) atoms. The van der Waals surface area contributed by atoms with E-state index in [-0.39, 0.29) is 5.04 Å². The normalized spacial score (nSPS) is 11.8. The van der Waals surface area contributed by atoms with Gasteiger partial charge in [0, 0.05) is 13.0 Å². The van der Waals surface area contributed by atoms with Crippen LogP contribution in [0.4, 0.5) is 0 Å². The number of hydrogen-bond acceptors (Lipinski definition) is 2. The van der Waals surface area contributed by atoms with Crippen molar-refractivity contribution in [2.24, 2.45) is 0 Å². The molecule has 3 heteroatoms. The summed E-state index contributed by atoms with van der Waals surface area (Å²) in [6.45, 7) is 11.7. The third kappa shape index (κ3) is 4.59. The van der Waals surface area contributed by atoms with Crippen LogP contribution >= 0.6 is 0 Å². The van der Waals surface area contributed by atoms with Crippen LogP contribution < -0.4 is 0 Å². The fourth-order valence-electron chi connectivity index (χ4n) is 0.688. The Bertz CT molecular complexity index is 240. The maximum Gasteiger partial charge on any atom is 0.192 e. The molecule has 2 nitrogen and oxygen atoms in total. The van der Waals surface area contributed by atoms with Crippen LogP contribution in [0.1, 0.15) is 27.2 Å². The van der Waals surface area contributed by atoms with Gasteiger partial charge in [-0.05, 0) is 24.1 Å². The maximum atomic E-state index is 9.92. The van der Waals surface area contributed by atoms with Crippen molar-refractivity contribution in [1.82, 2.24) is 0 Å². The second-order valence-corrected chi connectivity index (χ2v) is 9.61. The molecule has 0 aliphatic heterocycles. The number of hydrogen-bond donors (Lipinski definition) is 0. The highest BCUT2D eigenvalue weighted by molar-refractivity contribution is 6.74. The van der Waals surface area contributed by atoms with Gasteiger partial charge in [0.25, 0.3) is 0 Å². The molecule has 0 saturated carbocycles. The van der Waals surface area contributed by atoms with Crippen molar-refractivity contribution in [3.8, 4) is 11.8 Å². The van der Waals surface area contributed by atoms with Gasteiger partial charge < -0.3 is 4.43 Å². The molecule has 0 aliphatic carbocycles. The minimum Gasteiger partial charge on any atom is -0.416 e. The van der Waals surface area contributed by atoms with Crippen molar-refractivity contribution in [3.63, 3.8) is 0 Å². The summed E-state index contributed by atoms with van der Waals surface area (Å²) in [4.78, 5) is 9.92. The highest BCUT2D eigenvalue weighted by Crippen LogP contribution is 2.36. The monoisotopic (exact) mass is 212 g/mol. The molecule has 0 saturated heterocycles. The van der Waals surface area contributed by atoms with E-state index in [1.165, 1.54) is 0 Å². The fraction of sp³-hybridized carbons (Fsp3) is 0.727. The SMILES string of the molecule is CC(C)(C)[Si](C)(C)OCCC#CC=O. The predicted molar refractivity (Wildman–Crippen MR) is 61.6 cm³/mol. The highest BCUT2D eigenvalue weighted by Gasteiger charge is 2.36. The Morgan fingerprint density at radius 3 is 2.36 bits per heavy atom. The summed E-state index contributed by atoms with van der Waals surface area (Å²) in [5.74, 6) is 5.12. The first kappa shape index (κ1) is 13.4. The summed E-state index contributed by atoms with van der Waals surface area (Å²) in [7, 11) is -1.62. The first-order valence-electron chi connectivity index (χ1n) is 4.87. The van der Waals surface area contributed by atoms with Gasteiger partial charge in [-0.2, -0.15) is 0 Å². The van der Waals surface area contributed by atoms with Crippen molar-refractivity contribution in [1.29, 1.82) is 0 Å². The van der Waals surface area contributed by atoms with E-state index >= 15 is 0 Å². The van der Waals surface area contributed by atoms with Crippen LogP contribution in [0.2, 0.25) is 18.1 Å². The first-order chi connectivity index (χ1) is 6.31. The van der Waals surface area contributed by atoms with Gasteiger partial charge in [-0.25, -0.2) is 0 Å². The van der Waals surface area contributed by atoms with E-state index in [1.54, 1.807) is 0 Å². The average Bonchev–Trinajstić information content (AvgIpc) is 2.02. The minimum atomic E-state index is -1.62. The van der Waals surface area contributed by atoms with Gasteiger partial charge in [0.1, 0.15) is 0 Å². The third-order valence-electron chi connectivity index (χ3n) is 2.66. The summed E-state index contributed by atoms with van der Waals surface area (Å²) in [5, 5.41) is 0.241. The molecule has 0 aromatic carbocycles. The predicted octanol–water partition coefficient (Wildman–Crippen LogP) is 2.60. The van der Waals surface area contributed by atoms with Crippen molar-refractivity contribution < 1.29 is 9.22 Å². The summed E-state index contributed by atoms with van der Waals surface area (Å²) < 4.78 is 5.86. The quantitative estimate of drug-likeness (QED) is 0.311. The number of carbonyl (C=O) groups excluding carboxylic acids is 1. The summed E-state index contributed by atoms with van der Waals surface area (Å²) >= 11 is 0. The molecule has 0 amide bonds. The molecule has 0 aromatic rings. The van der Waals surface area contributed by atoms with Crippen molar-refractivity contribution >= 4 is 14.6 Å². The summed E-state index contributed by atoms with van der Waals surface area (Å²) in [6, 6.07) is 0. The fourth-order valence-corrected chi connectivity index (χ4v) is 1.73. The van der Waals surface area contributed by atoms with Crippen molar-refractivity contribution in [2.75, 3.05) is 6.61 Å². The van der Waals surface area contributed by atoms with Crippen LogP contribution in [0.3, 0.4) is 0 Å². The lowest BCUT2D eigenvalue weighted by molar-refractivity contribution is -0.103. The molecular formula is C11H20O2Si. The van der Waals surface area contributed by atoms with Gasteiger partial charge in [0.2, 0.25) is 0 Å². The van der Waals surface area contributed by atoms with Gasteiger partial charge in [-0.1, -0.05) is 26.7 Å². The lowest BCUT2D eigenvalue weighted by Gasteiger charge is -2.35. The molecule has 0 aromatic heterocycles. The zero-order valence-corrected chi connectivity index (χ0v) is 10.8. The first-order valence-corrected chi connectivity index (χ1v) is 7.78. The van der Waals surface area contributed by atoms with Crippen LogP contribution in [-0.4, -0.2) is 21.2 Å². The summed E-state index contributed by atoms with van der Waals surface area (Å²) in [5.41, 5.74) is 0. The van der Waals surface area contributed by atoms with E-state index in [1.807, 2.05) is 0 Å². The number of rotatable bonds is 3. The van der Waals surface area contributed by atoms with E-state index in [0.717, 1.165) is 0 Å². The van der Waals surface area contributed by atoms with E-state index < -0.39 is 8.32 Å². The molecule has 0 unspecified atom stereocenters. The molecule has 0 fully saturated rings. The Morgan fingerprint density at radius 1 is 1.36 bits per heavy atom. The Kier molecular flexibility index (Phi) is 5.10. The molecule has 0 aliphatic rings. The van der Waals surface area contributed by atoms with Crippen LogP contribution in [-0.2, 0) is 9.22 Å². The Morgan fingerprint density at radius 2 is 1.93 bits per heavy atom. The van der Waals surface area contributed by atoms with E-state index in [2.05, 4.69) is 45.7 Å². The lowest BCUT2D eigenvalue weighted by Crippen LogP contribution is -2.40. The Labute approximate surface area is 88.2 Å². The van der Waals surface area contributed by atoms with Crippen LogP contribution in [0.15, 0.2) is 0 Å². The molecule has 0 atom stereocenters. The minimum absolute atomic E-state index is 0.241. The van der Waals surface area contributed by atoms with E-state index in [9.17, 15) is 4.79 Å². The molecular weight excluding hydrogens is 192 g/mol. The second kappa shape index (κ2) is 5.33. The molecule has 80 valence electrons. The topological polar surface area (TPSA) is 26.3 Å². The smallest absolute Gasteiger partial charge is 0.192 e. The molecule has 0 rings (SSSR count). The van der Waals surface area contributed by atoms with Gasteiger partial charge >= 0.3 is 0 Å². The second-order valence-electron chi connectivity index (χ2n) is 4.80. The number of carbonyl (C=O) groups is 1. The van der Waals surface area contributed by atoms with Crippen LogP contribution in [0, 0.1) is 11.8 Å². The molecule has 0 radical (unpaired) electrons. The van der Waals surface area contributed by atoms with Gasteiger partial charge in [0.15, 0.2) is 14.6 Å². The maximum absolute atomic E-state index is 9.92. The van der Waals surface area contributed by atoms with Crippen molar-refractivity contribution in [3.05, 3.63) is 0 Å².